The third kappa shape index (κ3) is 3.34. The number of rotatable bonds is 4. The van der Waals surface area contributed by atoms with Gasteiger partial charge in [0, 0.05) is 0 Å². The maximum Gasteiger partial charge on any atom is 0.0807 e. The van der Waals surface area contributed by atoms with Gasteiger partial charge < -0.3 is 4.74 Å². The first-order valence-electron chi connectivity index (χ1n) is 6.77. The zero-order valence-electron chi connectivity index (χ0n) is 11.1. The van der Waals surface area contributed by atoms with Crippen LogP contribution in [0.15, 0.2) is 30.3 Å². The van der Waals surface area contributed by atoms with Crippen molar-refractivity contribution in [1.29, 1.82) is 5.26 Å². The van der Waals surface area contributed by atoms with Gasteiger partial charge in [0.15, 0.2) is 0 Å². The largest absolute Gasteiger partial charge is 0.375 e. The highest BCUT2D eigenvalue weighted by Gasteiger charge is 2.34. The highest BCUT2D eigenvalue weighted by molar-refractivity contribution is 5.13. The Bertz CT molecular complexity index is 399. The van der Waals surface area contributed by atoms with Gasteiger partial charge in [0.05, 0.1) is 24.7 Å². The molecule has 1 saturated carbocycles. The molecule has 1 aliphatic carbocycles. The van der Waals surface area contributed by atoms with Crippen LogP contribution in [0, 0.1) is 22.7 Å². The summed E-state index contributed by atoms with van der Waals surface area (Å²) in [7, 11) is 0. The predicted octanol–water partition coefficient (Wildman–Crippen LogP) is 3.92. The van der Waals surface area contributed by atoms with E-state index in [1.165, 1.54) is 5.56 Å². The second kappa shape index (κ2) is 6.02. The van der Waals surface area contributed by atoms with Crippen LogP contribution in [-0.2, 0) is 11.3 Å². The minimum Gasteiger partial charge on any atom is -0.375 e. The summed E-state index contributed by atoms with van der Waals surface area (Å²) < 4.78 is 5.77. The third-order valence-corrected chi connectivity index (χ3v) is 3.96. The van der Waals surface area contributed by atoms with Crippen molar-refractivity contribution in [3.8, 4) is 6.07 Å². The van der Waals surface area contributed by atoms with Gasteiger partial charge in [-0.1, -0.05) is 37.3 Å². The van der Waals surface area contributed by atoms with E-state index in [0.717, 1.165) is 31.6 Å². The average molecular weight is 243 g/mol. The smallest absolute Gasteiger partial charge is 0.0807 e. The minimum atomic E-state index is -0.235. The lowest BCUT2D eigenvalue weighted by Gasteiger charge is -2.33. The normalized spacial score (nSPS) is 27.7. The van der Waals surface area contributed by atoms with Crippen LogP contribution in [0.4, 0.5) is 0 Å². The number of hydrogen-bond donors (Lipinski definition) is 0. The highest BCUT2D eigenvalue weighted by atomic mass is 16.5. The van der Waals surface area contributed by atoms with Gasteiger partial charge in [0.2, 0.25) is 0 Å². The fourth-order valence-corrected chi connectivity index (χ4v) is 2.54. The summed E-state index contributed by atoms with van der Waals surface area (Å²) in [4.78, 5) is 0. The molecule has 0 spiro atoms. The quantitative estimate of drug-likeness (QED) is 0.803. The molecule has 0 atom stereocenters. The van der Waals surface area contributed by atoms with E-state index in [2.05, 4.69) is 25.1 Å². The number of nitrogens with zero attached hydrogens (tertiary/aromatic N) is 1. The number of hydrogen-bond acceptors (Lipinski definition) is 2. The number of ether oxygens (including phenoxy) is 1. The second-order valence-electron chi connectivity index (χ2n) is 5.55. The zero-order valence-corrected chi connectivity index (χ0v) is 11.1. The van der Waals surface area contributed by atoms with E-state index >= 15 is 0 Å². The average Bonchev–Trinajstić information content (AvgIpc) is 2.43. The summed E-state index contributed by atoms with van der Waals surface area (Å²) in [5, 5.41) is 9.39. The van der Waals surface area contributed by atoms with Gasteiger partial charge in [0.25, 0.3) is 0 Å². The minimum absolute atomic E-state index is 0.235. The lowest BCUT2D eigenvalue weighted by atomic mass is 9.72. The van der Waals surface area contributed by atoms with Crippen LogP contribution >= 0.6 is 0 Å². The molecular weight excluding hydrogens is 222 g/mol. The summed E-state index contributed by atoms with van der Waals surface area (Å²) in [6.07, 6.45) is 4.28. The first-order chi connectivity index (χ1) is 8.74. The van der Waals surface area contributed by atoms with Crippen molar-refractivity contribution in [2.45, 2.75) is 39.2 Å². The van der Waals surface area contributed by atoms with Crippen molar-refractivity contribution in [3.63, 3.8) is 0 Å². The maximum atomic E-state index is 9.39. The van der Waals surface area contributed by atoms with Crippen molar-refractivity contribution in [2.75, 3.05) is 6.61 Å². The van der Waals surface area contributed by atoms with Gasteiger partial charge in [-0.25, -0.2) is 0 Å². The molecule has 0 amide bonds. The highest BCUT2D eigenvalue weighted by Crippen LogP contribution is 2.38. The Morgan fingerprint density at radius 1 is 1.28 bits per heavy atom. The summed E-state index contributed by atoms with van der Waals surface area (Å²) >= 11 is 0. The van der Waals surface area contributed by atoms with Crippen LogP contribution < -0.4 is 0 Å². The number of nitriles is 1. The fourth-order valence-electron chi connectivity index (χ4n) is 2.54. The molecule has 1 aliphatic rings. The Kier molecular flexibility index (Phi) is 4.38. The lowest BCUT2D eigenvalue weighted by molar-refractivity contribution is 0.0353. The fraction of sp³-hybridized carbons (Fsp3) is 0.562. The Balaban J connectivity index is 1.83. The monoisotopic (exact) mass is 243 g/mol. The molecule has 0 aromatic heterocycles. The van der Waals surface area contributed by atoms with Crippen molar-refractivity contribution in [2.24, 2.45) is 11.3 Å². The zero-order chi connectivity index (χ0) is 12.8. The van der Waals surface area contributed by atoms with Gasteiger partial charge in [-0.2, -0.15) is 5.26 Å². The van der Waals surface area contributed by atoms with E-state index in [0.29, 0.717) is 13.2 Å². The first kappa shape index (κ1) is 13.1. The Labute approximate surface area is 110 Å². The summed E-state index contributed by atoms with van der Waals surface area (Å²) in [6, 6.07) is 12.6. The molecule has 1 aromatic rings. The van der Waals surface area contributed by atoms with Crippen LogP contribution in [-0.4, -0.2) is 6.61 Å². The molecule has 0 radical (unpaired) electrons. The SMILES string of the molecule is CC1CCC(C#N)(COCc2ccccc2)CC1. The molecule has 2 rings (SSSR count). The summed E-state index contributed by atoms with van der Waals surface area (Å²) in [5.74, 6) is 0.764. The topological polar surface area (TPSA) is 33.0 Å². The molecule has 1 aromatic carbocycles. The van der Waals surface area contributed by atoms with Gasteiger partial charge >= 0.3 is 0 Å². The van der Waals surface area contributed by atoms with E-state index in [1.54, 1.807) is 0 Å². The molecule has 2 heteroatoms. The molecular formula is C16H21NO. The molecule has 0 saturated heterocycles. The van der Waals surface area contributed by atoms with Gasteiger partial charge in [0.1, 0.15) is 0 Å². The third-order valence-electron chi connectivity index (χ3n) is 3.96. The molecule has 0 heterocycles. The maximum absolute atomic E-state index is 9.39. The van der Waals surface area contributed by atoms with Gasteiger partial charge in [-0.05, 0) is 37.2 Å². The second-order valence-corrected chi connectivity index (χ2v) is 5.55. The Morgan fingerprint density at radius 2 is 1.94 bits per heavy atom. The van der Waals surface area contributed by atoms with Crippen LogP contribution in [0.25, 0.3) is 0 Å². The molecule has 18 heavy (non-hydrogen) atoms. The van der Waals surface area contributed by atoms with E-state index in [1.807, 2.05) is 18.2 Å². The van der Waals surface area contributed by atoms with Crippen molar-refractivity contribution >= 4 is 0 Å². The van der Waals surface area contributed by atoms with Crippen LogP contribution in [0.1, 0.15) is 38.2 Å². The van der Waals surface area contributed by atoms with E-state index < -0.39 is 0 Å². The van der Waals surface area contributed by atoms with E-state index in [9.17, 15) is 5.26 Å². The van der Waals surface area contributed by atoms with Gasteiger partial charge in [-0.3, -0.25) is 0 Å². The molecule has 1 fully saturated rings. The molecule has 0 bridgehead atoms. The summed E-state index contributed by atoms with van der Waals surface area (Å²) in [6.45, 7) is 3.46. The summed E-state index contributed by atoms with van der Waals surface area (Å²) in [5.41, 5.74) is 0.941. The van der Waals surface area contributed by atoms with Gasteiger partial charge in [-0.15, -0.1) is 0 Å². The Hall–Kier alpha value is -1.33. The van der Waals surface area contributed by atoms with E-state index in [-0.39, 0.29) is 5.41 Å². The molecule has 0 aliphatic heterocycles. The molecule has 2 nitrogen and oxygen atoms in total. The first-order valence-corrected chi connectivity index (χ1v) is 6.77. The number of benzene rings is 1. The standard InChI is InChI=1S/C16H21NO/c1-14-7-9-16(12-17,10-8-14)13-18-11-15-5-3-2-4-6-15/h2-6,14H,7-11,13H2,1H3. The van der Waals surface area contributed by atoms with Crippen molar-refractivity contribution < 1.29 is 4.74 Å². The Morgan fingerprint density at radius 3 is 2.56 bits per heavy atom. The van der Waals surface area contributed by atoms with Crippen molar-refractivity contribution in [1.82, 2.24) is 0 Å². The van der Waals surface area contributed by atoms with Crippen molar-refractivity contribution in [3.05, 3.63) is 35.9 Å². The van der Waals surface area contributed by atoms with E-state index in [4.69, 9.17) is 4.74 Å². The lowest BCUT2D eigenvalue weighted by Crippen LogP contribution is -2.30. The van der Waals surface area contributed by atoms with Crippen LogP contribution in [0.2, 0.25) is 0 Å². The molecule has 0 unspecified atom stereocenters. The molecule has 96 valence electrons. The predicted molar refractivity (Wildman–Crippen MR) is 71.8 cm³/mol. The van der Waals surface area contributed by atoms with Crippen LogP contribution in [0.5, 0.6) is 0 Å². The van der Waals surface area contributed by atoms with Crippen LogP contribution in [0.3, 0.4) is 0 Å². The molecule has 0 N–H and O–H groups in total.